The highest BCUT2D eigenvalue weighted by Gasteiger charge is 2.20. The van der Waals surface area contributed by atoms with Crippen LogP contribution in [0.2, 0.25) is 0 Å². The molecule has 0 aromatic carbocycles. The molecule has 0 bridgehead atoms. The minimum atomic E-state index is 0.198. The molecule has 1 aliphatic rings. The maximum Gasteiger partial charge on any atom is 0.233 e. The molecule has 1 saturated heterocycles. The highest BCUT2D eigenvalue weighted by molar-refractivity contribution is 7.99. The number of likely N-dealkylation sites (tertiary alicyclic amines) is 1. The molecule has 122 valence electrons. The van der Waals surface area contributed by atoms with Gasteiger partial charge < -0.3 is 9.47 Å². The van der Waals surface area contributed by atoms with Gasteiger partial charge in [-0.2, -0.15) is 0 Å². The Labute approximate surface area is 140 Å². The molecule has 3 rings (SSSR count). The number of thioether (sulfide) groups is 1. The fourth-order valence-electron chi connectivity index (χ4n) is 2.72. The summed E-state index contributed by atoms with van der Waals surface area (Å²) in [5.41, 5.74) is 0.999. The first-order chi connectivity index (χ1) is 11.3. The first kappa shape index (κ1) is 16.0. The van der Waals surface area contributed by atoms with Crippen molar-refractivity contribution in [3.8, 4) is 11.4 Å². The molecule has 1 aliphatic heterocycles. The molecule has 0 aliphatic carbocycles. The summed E-state index contributed by atoms with van der Waals surface area (Å²) in [6, 6.07) is 3.86. The van der Waals surface area contributed by atoms with Crippen LogP contribution >= 0.6 is 11.8 Å². The molecule has 0 radical (unpaired) electrons. The molecule has 2 aromatic heterocycles. The molecule has 0 atom stereocenters. The van der Waals surface area contributed by atoms with Crippen molar-refractivity contribution in [3.63, 3.8) is 0 Å². The minimum Gasteiger partial charge on any atom is -0.342 e. The standard InChI is InChI=1S/C16H21N5OS/c1-2-9-21-15(13-5-7-17-8-6-13)18-19-16(21)23-12-14(22)20-10-3-4-11-20/h5-8H,2-4,9-12H2,1H3. The van der Waals surface area contributed by atoms with Gasteiger partial charge in [0.05, 0.1) is 5.75 Å². The zero-order chi connectivity index (χ0) is 16.1. The van der Waals surface area contributed by atoms with Gasteiger partial charge in [0, 0.05) is 37.6 Å². The van der Waals surface area contributed by atoms with Crippen molar-refractivity contribution in [2.24, 2.45) is 0 Å². The van der Waals surface area contributed by atoms with E-state index in [0.717, 1.165) is 55.4 Å². The maximum atomic E-state index is 12.2. The third-order valence-electron chi connectivity index (χ3n) is 3.89. The van der Waals surface area contributed by atoms with Crippen LogP contribution in [0.4, 0.5) is 0 Å². The van der Waals surface area contributed by atoms with E-state index < -0.39 is 0 Å². The quantitative estimate of drug-likeness (QED) is 0.761. The van der Waals surface area contributed by atoms with Crippen LogP contribution in [0.5, 0.6) is 0 Å². The largest absolute Gasteiger partial charge is 0.342 e. The van der Waals surface area contributed by atoms with E-state index in [1.54, 1.807) is 12.4 Å². The predicted octanol–water partition coefficient (Wildman–Crippen LogP) is 2.46. The number of amides is 1. The number of pyridine rings is 1. The van der Waals surface area contributed by atoms with Crippen LogP contribution in [0.3, 0.4) is 0 Å². The highest BCUT2D eigenvalue weighted by Crippen LogP contribution is 2.24. The van der Waals surface area contributed by atoms with Crippen LogP contribution in [-0.4, -0.2) is 49.4 Å². The van der Waals surface area contributed by atoms with Gasteiger partial charge in [-0.1, -0.05) is 18.7 Å². The van der Waals surface area contributed by atoms with Crippen LogP contribution < -0.4 is 0 Å². The summed E-state index contributed by atoms with van der Waals surface area (Å²) in [5, 5.41) is 9.43. The summed E-state index contributed by atoms with van der Waals surface area (Å²) < 4.78 is 2.09. The first-order valence-electron chi connectivity index (χ1n) is 8.03. The van der Waals surface area contributed by atoms with Gasteiger partial charge in [0.25, 0.3) is 0 Å². The molecular formula is C16H21N5OS. The fraction of sp³-hybridized carbons (Fsp3) is 0.500. The summed E-state index contributed by atoms with van der Waals surface area (Å²) in [6.45, 7) is 4.75. The van der Waals surface area contributed by atoms with Gasteiger partial charge in [0.2, 0.25) is 5.91 Å². The van der Waals surface area contributed by atoms with E-state index in [9.17, 15) is 4.79 Å². The molecule has 2 aromatic rings. The SMILES string of the molecule is CCCn1c(SCC(=O)N2CCCC2)nnc1-c1ccncc1. The van der Waals surface area contributed by atoms with Crippen LogP contribution in [0.25, 0.3) is 11.4 Å². The van der Waals surface area contributed by atoms with Crippen molar-refractivity contribution in [1.29, 1.82) is 0 Å². The topological polar surface area (TPSA) is 63.9 Å². The first-order valence-corrected chi connectivity index (χ1v) is 9.02. The number of nitrogens with zero attached hydrogens (tertiary/aromatic N) is 5. The van der Waals surface area contributed by atoms with E-state index in [1.165, 1.54) is 11.8 Å². The molecule has 1 fully saturated rings. The van der Waals surface area contributed by atoms with Gasteiger partial charge in [0.1, 0.15) is 0 Å². The summed E-state index contributed by atoms with van der Waals surface area (Å²) >= 11 is 1.48. The number of rotatable bonds is 6. The monoisotopic (exact) mass is 331 g/mol. The number of carbonyl (C=O) groups excluding carboxylic acids is 1. The lowest BCUT2D eigenvalue weighted by Gasteiger charge is -2.14. The third kappa shape index (κ3) is 3.72. The fourth-order valence-corrected chi connectivity index (χ4v) is 3.59. The molecule has 1 amide bonds. The third-order valence-corrected chi connectivity index (χ3v) is 4.84. The molecule has 7 heteroatoms. The molecule has 6 nitrogen and oxygen atoms in total. The highest BCUT2D eigenvalue weighted by atomic mass is 32.2. The van der Waals surface area contributed by atoms with E-state index in [1.807, 2.05) is 17.0 Å². The van der Waals surface area contributed by atoms with Gasteiger partial charge in [-0.15, -0.1) is 10.2 Å². The number of hydrogen-bond acceptors (Lipinski definition) is 5. The van der Waals surface area contributed by atoms with E-state index in [0.29, 0.717) is 5.75 Å². The second-order valence-corrected chi connectivity index (χ2v) is 6.51. The van der Waals surface area contributed by atoms with Crippen molar-refractivity contribution >= 4 is 17.7 Å². The Morgan fingerprint density at radius 3 is 2.65 bits per heavy atom. The summed E-state index contributed by atoms with van der Waals surface area (Å²) in [7, 11) is 0. The van der Waals surface area contributed by atoms with Gasteiger partial charge in [-0.05, 0) is 31.4 Å². The molecule has 23 heavy (non-hydrogen) atoms. The van der Waals surface area contributed by atoms with E-state index in [2.05, 4.69) is 26.7 Å². The lowest BCUT2D eigenvalue weighted by molar-refractivity contribution is -0.127. The molecule has 0 saturated carbocycles. The second kappa shape index (κ2) is 7.59. The van der Waals surface area contributed by atoms with Crippen LogP contribution in [0.1, 0.15) is 26.2 Å². The average molecular weight is 331 g/mol. The van der Waals surface area contributed by atoms with E-state index >= 15 is 0 Å². The average Bonchev–Trinajstić information content (AvgIpc) is 3.24. The lowest BCUT2D eigenvalue weighted by Crippen LogP contribution is -2.29. The Balaban J connectivity index is 1.74. The van der Waals surface area contributed by atoms with Crippen molar-refractivity contribution in [1.82, 2.24) is 24.6 Å². The van der Waals surface area contributed by atoms with Crippen molar-refractivity contribution in [3.05, 3.63) is 24.5 Å². The van der Waals surface area contributed by atoms with E-state index in [4.69, 9.17) is 0 Å². The van der Waals surface area contributed by atoms with E-state index in [-0.39, 0.29) is 5.91 Å². The lowest BCUT2D eigenvalue weighted by atomic mass is 10.2. The molecule has 0 N–H and O–H groups in total. The second-order valence-electron chi connectivity index (χ2n) is 5.57. The van der Waals surface area contributed by atoms with Gasteiger partial charge >= 0.3 is 0 Å². The number of hydrogen-bond donors (Lipinski definition) is 0. The van der Waals surface area contributed by atoms with Gasteiger partial charge in [-0.3, -0.25) is 9.78 Å². The zero-order valence-electron chi connectivity index (χ0n) is 13.3. The molecule has 3 heterocycles. The summed E-state index contributed by atoms with van der Waals surface area (Å²) in [5.74, 6) is 1.47. The molecular weight excluding hydrogens is 310 g/mol. The minimum absolute atomic E-state index is 0.198. The Morgan fingerprint density at radius 2 is 1.96 bits per heavy atom. The Morgan fingerprint density at radius 1 is 1.22 bits per heavy atom. The number of aromatic nitrogens is 4. The Hall–Kier alpha value is -1.89. The normalized spacial score (nSPS) is 14.4. The van der Waals surface area contributed by atoms with Crippen molar-refractivity contribution < 1.29 is 4.79 Å². The predicted molar refractivity (Wildman–Crippen MR) is 90.1 cm³/mol. The van der Waals surface area contributed by atoms with Crippen molar-refractivity contribution in [2.75, 3.05) is 18.8 Å². The van der Waals surface area contributed by atoms with Gasteiger partial charge in [-0.25, -0.2) is 0 Å². The van der Waals surface area contributed by atoms with Crippen molar-refractivity contribution in [2.45, 2.75) is 37.9 Å². The molecule has 0 unspecified atom stereocenters. The molecule has 0 spiro atoms. The van der Waals surface area contributed by atoms with Crippen LogP contribution in [-0.2, 0) is 11.3 Å². The van der Waals surface area contributed by atoms with Gasteiger partial charge in [0.15, 0.2) is 11.0 Å². The summed E-state index contributed by atoms with van der Waals surface area (Å²) in [4.78, 5) is 18.2. The Kier molecular flexibility index (Phi) is 5.27. The van der Waals surface area contributed by atoms with Crippen LogP contribution in [0, 0.1) is 0 Å². The smallest absolute Gasteiger partial charge is 0.233 e. The Bertz CT molecular complexity index is 652. The number of carbonyl (C=O) groups is 1. The maximum absolute atomic E-state index is 12.2. The van der Waals surface area contributed by atoms with Crippen LogP contribution in [0.15, 0.2) is 29.7 Å². The zero-order valence-corrected chi connectivity index (χ0v) is 14.1. The summed E-state index contributed by atoms with van der Waals surface area (Å²) in [6.07, 6.45) is 6.74.